The SMILES string of the molecule is c1ccc2c(c1)-c1cccc3c(-n4c5ccccc5c5c6ccccc6c6cc7ccccc7n6c54)ccc-2c13. The van der Waals surface area contributed by atoms with E-state index < -0.39 is 0 Å². The minimum absolute atomic E-state index is 1.22. The van der Waals surface area contributed by atoms with Crippen molar-refractivity contribution in [1.82, 2.24) is 8.97 Å². The number of fused-ring (bicyclic) bond motifs is 13. The zero-order chi connectivity index (χ0) is 25.9. The summed E-state index contributed by atoms with van der Waals surface area (Å²) in [5.74, 6) is 0. The quantitative estimate of drug-likeness (QED) is 0.209. The third-order valence-corrected chi connectivity index (χ3v) is 9.01. The summed E-state index contributed by atoms with van der Waals surface area (Å²) in [6, 6.07) is 49.2. The molecule has 1 aliphatic rings. The van der Waals surface area contributed by atoms with Crippen molar-refractivity contribution in [2.45, 2.75) is 0 Å². The summed E-state index contributed by atoms with van der Waals surface area (Å²) in [7, 11) is 0. The van der Waals surface area contributed by atoms with E-state index in [9.17, 15) is 0 Å². The molecule has 0 radical (unpaired) electrons. The largest absolute Gasteiger partial charge is 0.294 e. The van der Waals surface area contributed by atoms with Gasteiger partial charge in [0.15, 0.2) is 0 Å². The van der Waals surface area contributed by atoms with Crippen LogP contribution in [0.25, 0.3) is 87.8 Å². The second kappa shape index (κ2) is 7.19. The van der Waals surface area contributed by atoms with Crippen LogP contribution < -0.4 is 0 Å². The number of pyridine rings is 1. The predicted octanol–water partition coefficient (Wildman–Crippen LogP) is 10.1. The lowest BCUT2D eigenvalue weighted by atomic mass is 10.0. The smallest absolute Gasteiger partial charge is 0.131 e. The summed E-state index contributed by atoms with van der Waals surface area (Å²) in [4.78, 5) is 0. The van der Waals surface area contributed by atoms with Crippen molar-refractivity contribution in [3.63, 3.8) is 0 Å². The molecule has 2 nitrogen and oxygen atoms in total. The summed E-state index contributed by atoms with van der Waals surface area (Å²) in [6.07, 6.45) is 0. The maximum atomic E-state index is 2.52. The van der Waals surface area contributed by atoms with Crippen LogP contribution in [-0.2, 0) is 0 Å². The van der Waals surface area contributed by atoms with E-state index in [0.29, 0.717) is 0 Å². The molecule has 40 heavy (non-hydrogen) atoms. The third kappa shape index (κ3) is 2.36. The second-order valence-electron chi connectivity index (χ2n) is 10.9. The van der Waals surface area contributed by atoms with Gasteiger partial charge in [-0.1, -0.05) is 109 Å². The highest BCUT2D eigenvalue weighted by atomic mass is 15.1. The van der Waals surface area contributed by atoms with Crippen LogP contribution in [0.3, 0.4) is 0 Å². The predicted molar refractivity (Wildman–Crippen MR) is 169 cm³/mol. The van der Waals surface area contributed by atoms with Crippen LogP contribution >= 0.6 is 0 Å². The molecule has 0 saturated heterocycles. The average molecular weight is 507 g/mol. The molecular formula is C38H22N2. The maximum absolute atomic E-state index is 2.52. The molecule has 0 bridgehead atoms. The van der Waals surface area contributed by atoms with Crippen molar-refractivity contribution in [1.29, 1.82) is 0 Å². The van der Waals surface area contributed by atoms with Crippen molar-refractivity contribution in [2.24, 2.45) is 0 Å². The van der Waals surface area contributed by atoms with E-state index >= 15 is 0 Å². The molecule has 9 aromatic rings. The number of hydrogen-bond acceptors (Lipinski definition) is 0. The third-order valence-electron chi connectivity index (χ3n) is 9.01. The first-order valence-electron chi connectivity index (χ1n) is 13.9. The number of nitrogens with zero attached hydrogens (tertiary/aromatic N) is 2. The van der Waals surface area contributed by atoms with Crippen LogP contribution in [0.2, 0.25) is 0 Å². The number of benzene rings is 6. The van der Waals surface area contributed by atoms with Gasteiger partial charge in [0.25, 0.3) is 0 Å². The second-order valence-corrected chi connectivity index (χ2v) is 10.9. The van der Waals surface area contributed by atoms with Gasteiger partial charge >= 0.3 is 0 Å². The zero-order valence-electron chi connectivity index (χ0n) is 21.6. The van der Waals surface area contributed by atoms with Crippen molar-refractivity contribution >= 4 is 59.9 Å². The van der Waals surface area contributed by atoms with E-state index in [0.717, 1.165) is 0 Å². The first kappa shape index (κ1) is 20.6. The van der Waals surface area contributed by atoms with Crippen molar-refractivity contribution in [2.75, 3.05) is 0 Å². The van der Waals surface area contributed by atoms with Crippen molar-refractivity contribution in [3.8, 4) is 27.9 Å². The van der Waals surface area contributed by atoms with Gasteiger partial charge in [-0.05, 0) is 57.3 Å². The Morgan fingerprint density at radius 2 is 1.00 bits per heavy atom. The standard InChI is InChI=1S/C38H22N2/c1-7-18-32-23(10-1)22-35-26-13-4-5-14-28(26)37-31-15-6-8-19-33(31)40(38(37)39(32)35)34-21-20-29-25-12-3-2-11-24(25)27-16-9-17-30(34)36(27)29/h1-22H. The van der Waals surface area contributed by atoms with Gasteiger partial charge in [0.1, 0.15) is 5.65 Å². The van der Waals surface area contributed by atoms with Crippen LogP contribution in [0.5, 0.6) is 0 Å². The van der Waals surface area contributed by atoms with Crippen LogP contribution in [0.15, 0.2) is 133 Å². The van der Waals surface area contributed by atoms with E-state index in [4.69, 9.17) is 0 Å². The van der Waals surface area contributed by atoms with Gasteiger partial charge in [-0.2, -0.15) is 0 Å². The van der Waals surface area contributed by atoms with E-state index in [2.05, 4.69) is 142 Å². The summed E-state index contributed by atoms with van der Waals surface area (Å²) >= 11 is 0. The molecule has 10 rings (SSSR count). The number of hydrogen-bond donors (Lipinski definition) is 0. The van der Waals surface area contributed by atoms with Crippen molar-refractivity contribution < 1.29 is 0 Å². The Balaban J connectivity index is 1.49. The van der Waals surface area contributed by atoms with Crippen molar-refractivity contribution in [3.05, 3.63) is 133 Å². The van der Waals surface area contributed by atoms with Gasteiger partial charge in [-0.3, -0.25) is 8.97 Å². The monoisotopic (exact) mass is 506 g/mol. The van der Waals surface area contributed by atoms with Crippen LogP contribution in [0.1, 0.15) is 0 Å². The molecule has 2 heteroatoms. The fourth-order valence-corrected chi connectivity index (χ4v) is 7.44. The lowest BCUT2D eigenvalue weighted by molar-refractivity contribution is 1.13. The topological polar surface area (TPSA) is 9.34 Å². The van der Waals surface area contributed by atoms with Crippen LogP contribution in [0, 0.1) is 0 Å². The van der Waals surface area contributed by atoms with E-state index in [1.165, 1.54) is 87.8 Å². The highest BCUT2D eigenvalue weighted by molar-refractivity contribution is 6.25. The molecular weight excluding hydrogens is 484 g/mol. The molecule has 0 unspecified atom stereocenters. The van der Waals surface area contributed by atoms with Crippen LogP contribution in [-0.4, -0.2) is 8.97 Å². The Hall–Kier alpha value is -5.34. The lowest BCUT2D eigenvalue weighted by Crippen LogP contribution is -2.00. The molecule has 0 N–H and O–H groups in total. The van der Waals surface area contributed by atoms with E-state index in [1.54, 1.807) is 0 Å². The molecule has 0 fully saturated rings. The highest BCUT2D eigenvalue weighted by Gasteiger charge is 2.25. The Bertz CT molecular complexity index is 2510. The maximum Gasteiger partial charge on any atom is 0.131 e. The number of rotatable bonds is 1. The molecule has 0 saturated carbocycles. The molecule has 1 aliphatic carbocycles. The molecule has 0 aliphatic heterocycles. The first-order valence-corrected chi connectivity index (χ1v) is 13.9. The molecule has 6 aromatic carbocycles. The molecule has 0 atom stereocenters. The lowest BCUT2D eigenvalue weighted by Gasteiger charge is -2.15. The molecule has 3 heterocycles. The van der Waals surface area contributed by atoms with Gasteiger partial charge < -0.3 is 0 Å². The summed E-state index contributed by atoms with van der Waals surface area (Å²) in [5.41, 5.74) is 11.4. The highest BCUT2D eigenvalue weighted by Crippen LogP contribution is 2.49. The molecule has 0 spiro atoms. The number of aromatic nitrogens is 2. The Labute approximate surface area is 229 Å². The number of para-hydroxylation sites is 2. The Morgan fingerprint density at radius 1 is 0.375 bits per heavy atom. The molecule has 0 amide bonds. The minimum atomic E-state index is 1.22. The first-order chi connectivity index (χ1) is 19.9. The van der Waals surface area contributed by atoms with E-state index in [-0.39, 0.29) is 0 Å². The molecule has 3 aromatic heterocycles. The minimum Gasteiger partial charge on any atom is -0.294 e. The Kier molecular flexibility index (Phi) is 3.70. The van der Waals surface area contributed by atoms with Gasteiger partial charge in [0.05, 0.1) is 22.2 Å². The normalized spacial score (nSPS) is 12.5. The average Bonchev–Trinajstić information content (AvgIpc) is 3.67. The zero-order valence-corrected chi connectivity index (χ0v) is 21.6. The Morgan fingerprint density at radius 3 is 1.85 bits per heavy atom. The fraction of sp³-hybridized carbons (Fsp3) is 0. The van der Waals surface area contributed by atoms with Gasteiger partial charge in [-0.25, -0.2) is 0 Å². The van der Waals surface area contributed by atoms with E-state index in [1.807, 2.05) is 0 Å². The van der Waals surface area contributed by atoms with Gasteiger partial charge in [0, 0.05) is 26.9 Å². The summed E-state index contributed by atoms with van der Waals surface area (Å²) in [6.45, 7) is 0. The summed E-state index contributed by atoms with van der Waals surface area (Å²) < 4.78 is 5.01. The molecule has 184 valence electrons. The van der Waals surface area contributed by atoms with Gasteiger partial charge in [0.2, 0.25) is 0 Å². The van der Waals surface area contributed by atoms with Gasteiger partial charge in [-0.15, -0.1) is 0 Å². The summed E-state index contributed by atoms with van der Waals surface area (Å²) in [5, 5.41) is 9.04. The fourth-order valence-electron chi connectivity index (χ4n) is 7.44. The van der Waals surface area contributed by atoms with Crippen LogP contribution in [0.4, 0.5) is 0 Å².